The smallest absolute Gasteiger partial charge is 0.373 e. The van der Waals surface area contributed by atoms with Gasteiger partial charge in [-0.2, -0.15) is 9.59 Å². The van der Waals surface area contributed by atoms with Crippen molar-refractivity contribution in [3.63, 3.8) is 0 Å². The van der Waals surface area contributed by atoms with Crippen molar-refractivity contribution in [3.05, 3.63) is 82.9 Å². The van der Waals surface area contributed by atoms with Crippen LogP contribution < -0.4 is 0 Å². The molecule has 0 aromatic heterocycles. The van der Waals surface area contributed by atoms with Gasteiger partial charge in [-0.1, -0.05) is 30.4 Å². The Morgan fingerprint density at radius 1 is 0.778 bits per heavy atom. The first-order valence-corrected chi connectivity index (χ1v) is 12.2. The van der Waals surface area contributed by atoms with Crippen LogP contribution in [0.5, 0.6) is 0 Å². The molecule has 0 spiro atoms. The molecule has 0 aliphatic heterocycles. The van der Waals surface area contributed by atoms with Gasteiger partial charge in [0.2, 0.25) is 0 Å². The third-order valence-corrected chi connectivity index (χ3v) is 6.87. The first-order chi connectivity index (χ1) is 17.2. The van der Waals surface area contributed by atoms with E-state index in [1.807, 2.05) is 19.1 Å². The monoisotopic (exact) mass is 526 g/mol. The van der Waals surface area contributed by atoms with Gasteiger partial charge in [0.25, 0.3) is 0 Å². The Balaban J connectivity index is 0.00000145. The number of benzene rings is 3. The summed E-state index contributed by atoms with van der Waals surface area (Å²) in [7, 11) is 0. The number of carboxylic acids is 2. The maximum Gasteiger partial charge on any atom is 0.373 e. The molecule has 3 aromatic rings. The molecule has 0 heterocycles. The summed E-state index contributed by atoms with van der Waals surface area (Å²) in [5.74, 6) is -2.40. The average Bonchev–Trinajstić information content (AvgIpc) is 2.85. The van der Waals surface area contributed by atoms with Gasteiger partial charge in [-0.05, 0) is 79.6 Å². The number of carbonyl (C=O) groups excluding carboxylic acids is 3. The fraction of sp³-hybridized carbons (Fsp3) is 0.154. The molecular formula is C26H22O8S2. The summed E-state index contributed by atoms with van der Waals surface area (Å²) in [6, 6.07) is 16.8. The quantitative estimate of drug-likeness (QED) is 0.342. The Kier molecular flexibility index (Phi) is 11.0. The van der Waals surface area contributed by atoms with Crippen LogP contribution in [0.1, 0.15) is 50.5 Å². The topological polar surface area (TPSA) is 135 Å². The Morgan fingerprint density at radius 2 is 1.22 bits per heavy atom. The summed E-state index contributed by atoms with van der Waals surface area (Å²) >= 11 is 2.84. The number of hydrogen-bond donors (Lipinski definition) is 2. The normalized spacial score (nSPS) is 9.94. The number of ether oxygens (including phenoxy) is 1. The molecule has 3 rings (SSSR count). The van der Waals surface area contributed by atoms with E-state index in [2.05, 4.69) is 0 Å². The predicted octanol–water partition coefficient (Wildman–Crippen LogP) is 5.54. The molecule has 0 unspecified atom stereocenters. The highest BCUT2D eigenvalue weighted by Gasteiger charge is 2.18. The lowest BCUT2D eigenvalue weighted by atomic mass is 10.1. The number of rotatable bonds is 9. The SMILES string of the molecule is CCOC(=O)c1cc(CC)c(Sc2ccc(C(=O)O)cc2)cc1Sc1ccc(C(=O)O)cc1.O=C=O. The minimum atomic E-state index is -1.00. The van der Waals surface area contributed by atoms with Gasteiger partial charge in [-0.25, -0.2) is 14.4 Å². The van der Waals surface area contributed by atoms with E-state index in [9.17, 15) is 14.4 Å². The molecule has 3 aromatic carbocycles. The zero-order valence-corrected chi connectivity index (χ0v) is 21.0. The molecule has 36 heavy (non-hydrogen) atoms. The van der Waals surface area contributed by atoms with Crippen molar-refractivity contribution >= 4 is 47.6 Å². The minimum Gasteiger partial charge on any atom is -0.478 e. The third-order valence-electron chi connectivity index (χ3n) is 4.70. The number of carbonyl (C=O) groups is 3. The van der Waals surface area contributed by atoms with Crippen molar-refractivity contribution in [2.24, 2.45) is 0 Å². The van der Waals surface area contributed by atoms with Gasteiger partial charge in [0.05, 0.1) is 23.3 Å². The molecule has 2 N–H and O–H groups in total. The highest BCUT2D eigenvalue weighted by molar-refractivity contribution is 8.00. The van der Waals surface area contributed by atoms with Crippen LogP contribution in [0.15, 0.2) is 80.2 Å². The van der Waals surface area contributed by atoms with E-state index in [0.29, 0.717) is 16.9 Å². The second-order valence-electron chi connectivity index (χ2n) is 6.98. The van der Waals surface area contributed by atoms with E-state index in [0.717, 1.165) is 20.2 Å². The molecule has 0 saturated carbocycles. The Morgan fingerprint density at radius 3 is 1.61 bits per heavy atom. The first-order valence-electron chi connectivity index (χ1n) is 10.6. The Bertz CT molecular complexity index is 1260. The fourth-order valence-corrected chi connectivity index (χ4v) is 5.08. The molecule has 8 nitrogen and oxygen atoms in total. The second-order valence-corrected chi connectivity index (χ2v) is 9.21. The largest absolute Gasteiger partial charge is 0.478 e. The van der Waals surface area contributed by atoms with Crippen LogP contribution in [0.4, 0.5) is 0 Å². The minimum absolute atomic E-state index is 0.187. The van der Waals surface area contributed by atoms with Crippen molar-refractivity contribution in [2.75, 3.05) is 6.61 Å². The average molecular weight is 527 g/mol. The zero-order chi connectivity index (χ0) is 26.7. The summed E-state index contributed by atoms with van der Waals surface area (Å²) in [4.78, 5) is 54.5. The van der Waals surface area contributed by atoms with Crippen molar-refractivity contribution in [1.29, 1.82) is 0 Å². The second kappa shape index (κ2) is 13.9. The third kappa shape index (κ3) is 7.84. The molecule has 186 valence electrons. The van der Waals surface area contributed by atoms with Crippen LogP contribution >= 0.6 is 23.5 Å². The molecular weight excluding hydrogens is 504 g/mol. The molecule has 0 radical (unpaired) electrons. The van der Waals surface area contributed by atoms with E-state index in [-0.39, 0.29) is 23.9 Å². The van der Waals surface area contributed by atoms with E-state index in [1.54, 1.807) is 43.3 Å². The van der Waals surface area contributed by atoms with Crippen LogP contribution in [0.2, 0.25) is 0 Å². The molecule has 0 aliphatic carbocycles. The highest BCUT2D eigenvalue weighted by Crippen LogP contribution is 2.39. The summed E-state index contributed by atoms with van der Waals surface area (Å²) in [6.07, 6.45) is 0.945. The van der Waals surface area contributed by atoms with E-state index in [1.165, 1.54) is 35.7 Å². The van der Waals surface area contributed by atoms with Gasteiger partial charge in [-0.3, -0.25) is 0 Å². The van der Waals surface area contributed by atoms with Crippen molar-refractivity contribution in [2.45, 2.75) is 39.9 Å². The Labute approximate surface area is 215 Å². The maximum atomic E-state index is 12.7. The maximum absolute atomic E-state index is 12.7. The van der Waals surface area contributed by atoms with Gasteiger partial charge in [0, 0.05) is 19.6 Å². The van der Waals surface area contributed by atoms with E-state index in [4.69, 9.17) is 24.5 Å². The van der Waals surface area contributed by atoms with Crippen LogP contribution in [0.3, 0.4) is 0 Å². The number of hydrogen-bond acceptors (Lipinski definition) is 8. The zero-order valence-electron chi connectivity index (χ0n) is 19.3. The van der Waals surface area contributed by atoms with Crippen molar-refractivity contribution in [3.8, 4) is 0 Å². The van der Waals surface area contributed by atoms with Crippen LogP contribution in [-0.2, 0) is 20.7 Å². The van der Waals surface area contributed by atoms with E-state index >= 15 is 0 Å². The number of aryl methyl sites for hydroxylation is 1. The molecule has 0 fully saturated rings. The summed E-state index contributed by atoms with van der Waals surface area (Å²) < 4.78 is 5.26. The van der Waals surface area contributed by atoms with Gasteiger partial charge in [0.15, 0.2) is 0 Å². The van der Waals surface area contributed by atoms with Gasteiger partial charge >= 0.3 is 24.1 Å². The highest BCUT2D eigenvalue weighted by atomic mass is 32.2. The molecule has 0 bridgehead atoms. The van der Waals surface area contributed by atoms with Crippen LogP contribution in [0, 0.1) is 0 Å². The molecule has 0 aliphatic rings. The van der Waals surface area contributed by atoms with Gasteiger partial charge in [0.1, 0.15) is 0 Å². The molecule has 0 saturated heterocycles. The van der Waals surface area contributed by atoms with Gasteiger partial charge < -0.3 is 14.9 Å². The molecule has 0 amide bonds. The van der Waals surface area contributed by atoms with Crippen molar-refractivity contribution in [1.82, 2.24) is 0 Å². The Hall–Kier alpha value is -3.85. The van der Waals surface area contributed by atoms with E-state index < -0.39 is 17.9 Å². The van der Waals surface area contributed by atoms with Gasteiger partial charge in [-0.15, -0.1) is 0 Å². The summed E-state index contributed by atoms with van der Waals surface area (Å²) in [5.41, 5.74) is 1.82. The summed E-state index contributed by atoms with van der Waals surface area (Å²) in [6.45, 7) is 4.00. The van der Waals surface area contributed by atoms with Crippen LogP contribution in [-0.4, -0.2) is 40.9 Å². The lowest BCUT2D eigenvalue weighted by Gasteiger charge is -2.15. The summed E-state index contributed by atoms with van der Waals surface area (Å²) in [5, 5.41) is 18.2. The standard InChI is InChI=1S/C25H22O6S2.CO2/c1-3-15-13-20(25(30)31-4-2)22(33-19-11-7-17(8-12-19)24(28)29)14-21(15)32-18-9-5-16(6-10-18)23(26)27;2-1-3/h5-14H,3-4H2,1-2H3,(H,26,27)(H,28,29);. The van der Waals surface area contributed by atoms with Crippen molar-refractivity contribution < 1.29 is 38.9 Å². The number of esters is 1. The molecule has 10 heteroatoms. The number of carboxylic acid groups (broad SMARTS) is 2. The lowest BCUT2D eigenvalue weighted by Crippen LogP contribution is -2.07. The lowest BCUT2D eigenvalue weighted by molar-refractivity contribution is -0.191. The van der Waals surface area contributed by atoms with Crippen LogP contribution in [0.25, 0.3) is 0 Å². The number of aromatic carboxylic acids is 2. The first kappa shape index (κ1) is 28.4. The fourth-order valence-electron chi connectivity index (χ4n) is 3.02. The molecule has 0 atom stereocenters. The predicted molar refractivity (Wildman–Crippen MR) is 132 cm³/mol.